The van der Waals surface area contributed by atoms with Crippen LogP contribution < -0.4 is 4.74 Å². The fourth-order valence-electron chi connectivity index (χ4n) is 2.58. The first kappa shape index (κ1) is 12.9. The monoisotopic (exact) mass is 252 g/mol. The van der Waals surface area contributed by atoms with Crippen LogP contribution in [0.15, 0.2) is 18.2 Å². The van der Waals surface area contributed by atoms with E-state index >= 15 is 0 Å². The van der Waals surface area contributed by atoms with Gasteiger partial charge in [0, 0.05) is 11.0 Å². The summed E-state index contributed by atoms with van der Waals surface area (Å²) in [5.74, 6) is -0.341. The van der Waals surface area contributed by atoms with Gasteiger partial charge in [0.15, 0.2) is 0 Å². The molecule has 0 heterocycles. The number of carboxylic acids is 1. The SMILES string of the molecule is COc1cccc(C2(CC(=O)O)CC2)c1C(C)F. The molecule has 1 unspecified atom stereocenters. The van der Waals surface area contributed by atoms with Gasteiger partial charge in [0.1, 0.15) is 11.9 Å². The second-order valence-corrected chi connectivity index (χ2v) is 4.89. The molecule has 1 saturated carbocycles. The highest BCUT2D eigenvalue weighted by atomic mass is 19.1. The third kappa shape index (κ3) is 2.19. The summed E-state index contributed by atoms with van der Waals surface area (Å²) in [4.78, 5) is 10.9. The smallest absolute Gasteiger partial charge is 0.304 e. The first-order valence-corrected chi connectivity index (χ1v) is 6.03. The van der Waals surface area contributed by atoms with Gasteiger partial charge in [0.2, 0.25) is 0 Å². The standard InChI is InChI=1S/C14H17FO3/c1-9(15)13-10(4-3-5-11(13)18-2)14(6-7-14)8-12(16)17/h3-5,9H,6-8H2,1-2H3,(H,16,17). The number of carboxylic acid groups (broad SMARTS) is 1. The van der Waals surface area contributed by atoms with Gasteiger partial charge in [-0.2, -0.15) is 0 Å². The van der Waals surface area contributed by atoms with E-state index in [-0.39, 0.29) is 6.42 Å². The Morgan fingerprint density at radius 2 is 2.22 bits per heavy atom. The van der Waals surface area contributed by atoms with Crippen molar-refractivity contribution in [1.29, 1.82) is 0 Å². The maximum atomic E-state index is 13.8. The maximum Gasteiger partial charge on any atom is 0.304 e. The number of ether oxygens (including phenoxy) is 1. The minimum Gasteiger partial charge on any atom is -0.496 e. The Balaban J connectivity index is 2.47. The van der Waals surface area contributed by atoms with Gasteiger partial charge in [-0.15, -0.1) is 0 Å². The van der Waals surface area contributed by atoms with Gasteiger partial charge in [-0.1, -0.05) is 12.1 Å². The Morgan fingerprint density at radius 3 is 2.67 bits per heavy atom. The van der Waals surface area contributed by atoms with Gasteiger partial charge in [-0.05, 0) is 31.4 Å². The maximum absolute atomic E-state index is 13.8. The molecule has 3 nitrogen and oxygen atoms in total. The number of halogens is 1. The lowest BCUT2D eigenvalue weighted by molar-refractivity contribution is -0.137. The van der Waals surface area contributed by atoms with E-state index in [0.717, 1.165) is 18.4 Å². The van der Waals surface area contributed by atoms with Gasteiger partial charge in [-0.25, -0.2) is 4.39 Å². The van der Waals surface area contributed by atoms with Gasteiger partial charge >= 0.3 is 5.97 Å². The van der Waals surface area contributed by atoms with Crippen LogP contribution in [0, 0.1) is 0 Å². The quantitative estimate of drug-likeness (QED) is 0.875. The normalized spacial score (nSPS) is 18.2. The fraction of sp³-hybridized carbons (Fsp3) is 0.500. The van der Waals surface area contributed by atoms with E-state index < -0.39 is 17.6 Å². The largest absolute Gasteiger partial charge is 0.496 e. The Morgan fingerprint density at radius 1 is 1.56 bits per heavy atom. The molecule has 0 aliphatic heterocycles. The van der Waals surface area contributed by atoms with Crippen LogP contribution in [-0.2, 0) is 10.2 Å². The van der Waals surface area contributed by atoms with E-state index in [9.17, 15) is 9.18 Å². The van der Waals surface area contributed by atoms with Crippen LogP contribution in [0.25, 0.3) is 0 Å². The molecule has 4 heteroatoms. The average Bonchev–Trinajstić information content (AvgIpc) is 3.07. The number of hydrogen-bond donors (Lipinski definition) is 1. The highest BCUT2D eigenvalue weighted by molar-refractivity contribution is 5.70. The number of carbonyl (C=O) groups is 1. The van der Waals surface area contributed by atoms with Crippen LogP contribution in [0.3, 0.4) is 0 Å². The second-order valence-electron chi connectivity index (χ2n) is 4.89. The highest BCUT2D eigenvalue weighted by Crippen LogP contribution is 2.54. The van der Waals surface area contributed by atoms with Crippen molar-refractivity contribution in [3.05, 3.63) is 29.3 Å². The molecule has 1 aliphatic carbocycles. The number of hydrogen-bond acceptors (Lipinski definition) is 2. The Labute approximate surface area is 106 Å². The highest BCUT2D eigenvalue weighted by Gasteiger charge is 2.48. The van der Waals surface area contributed by atoms with Crippen molar-refractivity contribution in [3.8, 4) is 5.75 Å². The molecule has 0 saturated heterocycles. The van der Waals surface area contributed by atoms with E-state index in [2.05, 4.69) is 0 Å². The van der Waals surface area contributed by atoms with Crippen LogP contribution >= 0.6 is 0 Å². The molecule has 0 spiro atoms. The van der Waals surface area contributed by atoms with Crippen LogP contribution in [0.5, 0.6) is 5.75 Å². The molecule has 0 amide bonds. The molecular formula is C14H17FO3. The van der Waals surface area contributed by atoms with Crippen molar-refractivity contribution >= 4 is 5.97 Å². The minimum atomic E-state index is -1.16. The molecule has 1 N–H and O–H groups in total. The second kappa shape index (κ2) is 4.59. The summed E-state index contributed by atoms with van der Waals surface area (Å²) in [7, 11) is 1.50. The number of rotatable bonds is 5. The summed E-state index contributed by atoms with van der Waals surface area (Å²) in [5.41, 5.74) is 0.897. The summed E-state index contributed by atoms with van der Waals surface area (Å²) in [5, 5.41) is 8.98. The lowest BCUT2D eigenvalue weighted by Crippen LogP contribution is -2.16. The Hall–Kier alpha value is -1.58. The zero-order chi connectivity index (χ0) is 13.3. The number of benzene rings is 1. The van der Waals surface area contributed by atoms with Gasteiger partial charge in [-0.3, -0.25) is 4.79 Å². The zero-order valence-corrected chi connectivity index (χ0v) is 10.6. The summed E-state index contributed by atoms with van der Waals surface area (Å²) in [6.07, 6.45) is 0.487. The van der Waals surface area contributed by atoms with E-state index in [0.29, 0.717) is 11.3 Å². The van der Waals surface area contributed by atoms with Crippen molar-refractivity contribution in [2.24, 2.45) is 0 Å². The minimum absolute atomic E-state index is 0.0554. The van der Waals surface area contributed by atoms with Crippen LogP contribution in [0.2, 0.25) is 0 Å². The predicted molar refractivity (Wildman–Crippen MR) is 65.7 cm³/mol. The summed E-state index contributed by atoms with van der Waals surface area (Å²) >= 11 is 0. The van der Waals surface area contributed by atoms with Gasteiger partial charge in [0.05, 0.1) is 13.5 Å². The molecule has 1 aliphatic rings. The molecule has 1 atom stereocenters. The van der Waals surface area contributed by atoms with Gasteiger partial charge < -0.3 is 9.84 Å². The molecule has 98 valence electrons. The molecule has 1 fully saturated rings. The molecule has 0 radical (unpaired) electrons. The molecule has 0 bridgehead atoms. The van der Waals surface area contributed by atoms with Crippen molar-refractivity contribution in [2.75, 3.05) is 7.11 Å². The first-order chi connectivity index (χ1) is 8.50. The zero-order valence-electron chi connectivity index (χ0n) is 10.6. The first-order valence-electron chi connectivity index (χ1n) is 6.03. The van der Waals surface area contributed by atoms with E-state index in [1.54, 1.807) is 12.1 Å². The third-order valence-corrected chi connectivity index (χ3v) is 3.60. The van der Waals surface area contributed by atoms with Crippen LogP contribution in [0.1, 0.15) is 43.5 Å². The molecule has 2 rings (SSSR count). The van der Waals surface area contributed by atoms with Gasteiger partial charge in [0.25, 0.3) is 0 Å². The van der Waals surface area contributed by atoms with E-state index in [4.69, 9.17) is 9.84 Å². The van der Waals surface area contributed by atoms with Crippen molar-refractivity contribution in [1.82, 2.24) is 0 Å². The van der Waals surface area contributed by atoms with Crippen molar-refractivity contribution < 1.29 is 19.0 Å². The predicted octanol–water partition coefficient (Wildman–Crippen LogP) is 3.23. The molecule has 1 aromatic carbocycles. The van der Waals surface area contributed by atoms with Crippen molar-refractivity contribution in [3.63, 3.8) is 0 Å². The van der Waals surface area contributed by atoms with Crippen molar-refractivity contribution in [2.45, 2.75) is 37.8 Å². The number of alkyl halides is 1. The molecular weight excluding hydrogens is 235 g/mol. The lowest BCUT2D eigenvalue weighted by atomic mass is 9.86. The lowest BCUT2D eigenvalue weighted by Gasteiger charge is -2.21. The van der Waals surface area contributed by atoms with E-state index in [1.807, 2.05) is 6.07 Å². The summed E-state index contributed by atoms with van der Waals surface area (Å²) in [6.45, 7) is 1.46. The molecule has 0 aromatic heterocycles. The average molecular weight is 252 g/mol. The Bertz CT molecular complexity index is 464. The number of methoxy groups -OCH3 is 1. The van der Waals surface area contributed by atoms with Crippen LogP contribution in [0.4, 0.5) is 4.39 Å². The van der Waals surface area contributed by atoms with E-state index in [1.165, 1.54) is 14.0 Å². The summed E-state index contributed by atoms with van der Waals surface area (Å²) in [6, 6.07) is 5.33. The number of aliphatic carboxylic acids is 1. The third-order valence-electron chi connectivity index (χ3n) is 3.60. The topological polar surface area (TPSA) is 46.5 Å². The Kier molecular flexibility index (Phi) is 3.28. The summed E-state index contributed by atoms with van der Waals surface area (Å²) < 4.78 is 19.0. The molecule has 1 aromatic rings. The fourth-order valence-corrected chi connectivity index (χ4v) is 2.58. The van der Waals surface area contributed by atoms with Crippen LogP contribution in [-0.4, -0.2) is 18.2 Å². The molecule has 18 heavy (non-hydrogen) atoms.